The largest absolute Gasteiger partial charge is 0.756 e. The minimum atomic E-state index is -4.58. The zero-order chi connectivity index (χ0) is 32.4. The average molecular weight is 654 g/mol. The van der Waals surface area contributed by atoms with Gasteiger partial charge in [-0.2, -0.15) is 0 Å². The van der Waals surface area contributed by atoms with Crippen LogP contribution in [-0.2, 0) is 27.9 Å². The average Bonchev–Trinajstić information content (AvgIpc) is 3.03. The van der Waals surface area contributed by atoms with Crippen molar-refractivity contribution in [3.05, 3.63) is 23.9 Å². The van der Waals surface area contributed by atoms with E-state index in [0.717, 1.165) is 29.7 Å². The molecule has 3 fully saturated rings. The topological polar surface area (TPSA) is 94.1 Å². The van der Waals surface area contributed by atoms with Crippen LogP contribution in [0.25, 0.3) is 0 Å². The third kappa shape index (κ3) is 14.7. The molecular weight excluding hydrogens is 589 g/mol. The fourth-order valence-corrected chi connectivity index (χ4v) is 7.94. The second-order valence-electron chi connectivity index (χ2n) is 14.3. The highest BCUT2D eigenvalue weighted by Crippen LogP contribution is 2.44. The molecule has 0 aromatic rings. The molecule has 0 aromatic heterocycles. The lowest BCUT2D eigenvalue weighted by Gasteiger charge is -2.50. The minimum absolute atomic E-state index is 0.00396. The van der Waals surface area contributed by atoms with Gasteiger partial charge in [-0.1, -0.05) is 103 Å². The first kappa shape index (κ1) is 38.4. The Kier molecular flexibility index (Phi) is 17.4. The maximum atomic E-state index is 12.6. The highest BCUT2D eigenvalue weighted by molar-refractivity contribution is 7.45. The van der Waals surface area contributed by atoms with Gasteiger partial charge in [0.05, 0.1) is 39.5 Å². The van der Waals surface area contributed by atoms with E-state index >= 15 is 0 Å². The van der Waals surface area contributed by atoms with Crippen molar-refractivity contribution in [2.24, 2.45) is 11.3 Å². The number of rotatable bonds is 25. The number of hydrogen-bond acceptors (Lipinski definition) is 7. The van der Waals surface area contributed by atoms with Gasteiger partial charge in [0, 0.05) is 38.2 Å². The molecule has 0 N–H and O–H groups in total. The van der Waals surface area contributed by atoms with Crippen LogP contribution < -0.4 is 4.89 Å². The number of hydrogen-bond donors (Lipinski definition) is 0. The lowest BCUT2D eigenvalue weighted by molar-refractivity contribution is -0.905. The van der Waals surface area contributed by atoms with Crippen molar-refractivity contribution < 1.29 is 37.3 Å². The Balaban J connectivity index is 1.24. The number of piperidine rings is 3. The Bertz CT molecular complexity index is 947. The predicted molar refractivity (Wildman–Crippen MR) is 178 cm³/mol. The minimum Gasteiger partial charge on any atom is -0.756 e. The molecule has 0 amide bonds. The van der Waals surface area contributed by atoms with E-state index < -0.39 is 25.3 Å². The molecule has 9 heteroatoms. The van der Waals surface area contributed by atoms with Crippen LogP contribution in [-0.4, -0.2) is 62.6 Å². The van der Waals surface area contributed by atoms with Gasteiger partial charge in [0.25, 0.3) is 7.82 Å². The van der Waals surface area contributed by atoms with Gasteiger partial charge in [0.1, 0.15) is 11.8 Å². The first-order valence-electron chi connectivity index (χ1n) is 18.3. The van der Waals surface area contributed by atoms with Crippen molar-refractivity contribution in [3.63, 3.8) is 0 Å². The number of phosphoric acid groups is 1. The number of esters is 1. The maximum Gasteiger partial charge on any atom is 0.303 e. The molecule has 3 aliphatic heterocycles. The van der Waals surface area contributed by atoms with E-state index in [1.165, 1.54) is 129 Å². The van der Waals surface area contributed by atoms with Gasteiger partial charge in [-0.25, -0.2) is 0 Å². The number of ether oxygens (including phenoxy) is 2. The number of carbonyl (C=O) groups is 1. The summed E-state index contributed by atoms with van der Waals surface area (Å²) < 4.78 is 35.1. The molecule has 260 valence electrons. The van der Waals surface area contributed by atoms with Crippen LogP contribution in [0.4, 0.5) is 0 Å². The van der Waals surface area contributed by atoms with E-state index in [9.17, 15) is 14.3 Å². The van der Waals surface area contributed by atoms with Crippen molar-refractivity contribution in [2.45, 2.75) is 142 Å². The van der Waals surface area contributed by atoms with E-state index in [2.05, 4.69) is 25.2 Å². The molecule has 3 unspecified atom stereocenters. The van der Waals surface area contributed by atoms with Gasteiger partial charge >= 0.3 is 5.97 Å². The second-order valence-corrected chi connectivity index (χ2v) is 15.7. The summed E-state index contributed by atoms with van der Waals surface area (Å²) in [5.74, 6) is 0.404. The lowest BCUT2D eigenvalue weighted by Crippen LogP contribution is -2.57. The van der Waals surface area contributed by atoms with Crippen LogP contribution in [0, 0.1) is 11.3 Å². The molecule has 1 aliphatic carbocycles. The fourth-order valence-electron chi connectivity index (χ4n) is 7.07. The quantitative estimate of drug-likeness (QED) is 0.0423. The van der Waals surface area contributed by atoms with Crippen molar-refractivity contribution in [1.82, 2.24) is 0 Å². The summed E-state index contributed by atoms with van der Waals surface area (Å²) in [4.78, 5) is 24.2. The van der Waals surface area contributed by atoms with Crippen molar-refractivity contribution in [1.29, 1.82) is 0 Å². The first-order valence-corrected chi connectivity index (χ1v) is 19.7. The van der Waals surface area contributed by atoms with Crippen LogP contribution in [0.15, 0.2) is 23.9 Å². The monoisotopic (exact) mass is 653 g/mol. The fraction of sp³-hybridized carbons (Fsp3) is 0.861. The predicted octanol–water partition coefficient (Wildman–Crippen LogP) is 8.40. The molecule has 0 aromatic carbocycles. The standard InChI is InChI=1S/C36H64NO7P/c1-4-5-6-7-8-9-10-11-12-13-14-15-16-17-28-41-29-35(44-32(2)38)30-42-45(39,40)43-31-36(3)23-18-34(19-24-36)37-25-20-33(21-26-37)22-27-37/h18-19,23,33,35H,4-17,20-22,24-31H2,1-3H3. The number of phosphoric ester groups is 1. The smallest absolute Gasteiger partial charge is 0.303 e. The van der Waals surface area contributed by atoms with Crippen molar-refractivity contribution in [3.8, 4) is 0 Å². The van der Waals surface area contributed by atoms with Crippen molar-refractivity contribution in [2.75, 3.05) is 46.1 Å². The Morgan fingerprint density at radius 2 is 1.47 bits per heavy atom. The van der Waals surface area contributed by atoms with E-state index in [-0.39, 0.29) is 19.8 Å². The molecule has 4 aliphatic rings. The molecule has 45 heavy (non-hydrogen) atoms. The first-order chi connectivity index (χ1) is 21.7. The van der Waals surface area contributed by atoms with Crippen molar-refractivity contribution >= 4 is 13.8 Å². The molecule has 8 nitrogen and oxygen atoms in total. The molecular formula is C36H64NO7P. The Hall–Kier alpha value is -1.02. The summed E-state index contributed by atoms with van der Waals surface area (Å²) >= 11 is 0. The van der Waals surface area contributed by atoms with Gasteiger partial charge in [-0.05, 0) is 30.9 Å². The maximum absolute atomic E-state index is 12.6. The van der Waals surface area contributed by atoms with Gasteiger partial charge in [-0.15, -0.1) is 0 Å². The molecule has 3 atom stereocenters. The second kappa shape index (κ2) is 20.4. The Morgan fingerprint density at radius 1 is 0.911 bits per heavy atom. The third-order valence-electron chi connectivity index (χ3n) is 10.1. The number of quaternary nitrogens is 1. The van der Waals surface area contributed by atoms with Crippen LogP contribution >= 0.6 is 7.82 Å². The SMILES string of the molecule is CCCCCCCCCCCCCCCCOCC(COP(=O)([O-])OCC1(C)C=CC([N+]23CCC(CC2)CC3)=CC1)OC(C)=O. The van der Waals surface area contributed by atoms with E-state index in [1.807, 2.05) is 6.92 Å². The Morgan fingerprint density at radius 3 is 1.98 bits per heavy atom. The Labute approximate surface area is 274 Å². The molecule has 0 radical (unpaired) electrons. The highest BCUT2D eigenvalue weighted by Gasteiger charge is 2.43. The molecule has 4 rings (SSSR count). The van der Waals surface area contributed by atoms with Gasteiger partial charge < -0.3 is 23.4 Å². The molecule has 3 heterocycles. The van der Waals surface area contributed by atoms with Crippen LogP contribution in [0.2, 0.25) is 0 Å². The number of unbranched alkanes of at least 4 members (excludes halogenated alkanes) is 13. The number of fused-ring (bicyclic) bond motifs is 3. The summed E-state index contributed by atoms with van der Waals surface area (Å²) in [6.45, 7) is 9.52. The summed E-state index contributed by atoms with van der Waals surface area (Å²) in [7, 11) is -4.58. The summed E-state index contributed by atoms with van der Waals surface area (Å²) in [6, 6.07) is 0. The number of carbonyl (C=O) groups excluding carboxylic acids is 1. The molecule has 0 saturated carbocycles. The van der Waals surface area contributed by atoms with E-state index in [4.69, 9.17) is 18.5 Å². The molecule has 0 spiro atoms. The zero-order valence-corrected chi connectivity index (χ0v) is 29.7. The van der Waals surface area contributed by atoms with Crippen LogP contribution in [0.1, 0.15) is 136 Å². The number of nitrogens with zero attached hydrogens (tertiary/aromatic N) is 1. The normalized spacial score (nSPS) is 26.4. The van der Waals surface area contributed by atoms with E-state index in [0.29, 0.717) is 6.61 Å². The van der Waals surface area contributed by atoms with Crippen LogP contribution in [0.5, 0.6) is 0 Å². The third-order valence-corrected chi connectivity index (χ3v) is 11.0. The lowest BCUT2D eigenvalue weighted by atomic mass is 9.81. The van der Waals surface area contributed by atoms with Gasteiger partial charge in [-0.3, -0.25) is 13.8 Å². The van der Waals surface area contributed by atoms with Crippen LogP contribution in [0.3, 0.4) is 0 Å². The summed E-state index contributed by atoms with van der Waals surface area (Å²) in [6.07, 6.45) is 28.5. The van der Waals surface area contributed by atoms with Gasteiger partial charge in [0.15, 0.2) is 0 Å². The van der Waals surface area contributed by atoms with E-state index in [1.54, 1.807) is 0 Å². The molecule has 2 bridgehead atoms. The number of allylic oxidation sites excluding steroid dienone is 2. The zero-order valence-electron chi connectivity index (χ0n) is 28.8. The molecule has 3 saturated heterocycles. The highest BCUT2D eigenvalue weighted by atomic mass is 31.2. The van der Waals surface area contributed by atoms with Gasteiger partial charge in [0.2, 0.25) is 0 Å². The summed E-state index contributed by atoms with van der Waals surface area (Å²) in [5, 5.41) is 0. The summed E-state index contributed by atoms with van der Waals surface area (Å²) in [5.41, 5.74) is 0.941.